The van der Waals surface area contributed by atoms with Crippen LogP contribution in [0, 0.1) is 11.7 Å². The fraction of sp³-hybridized carbons (Fsp3) is 0.500. The number of amides is 2. The first kappa shape index (κ1) is 17.5. The molecule has 0 unspecified atom stereocenters. The van der Waals surface area contributed by atoms with Crippen LogP contribution in [0.3, 0.4) is 0 Å². The second kappa shape index (κ2) is 7.64. The SMILES string of the molecule is C[C@@H](NC(=O)NC1CCC(C(=O)O)CC1)c1ccc(F)cc1Cl. The first-order valence-corrected chi connectivity index (χ1v) is 7.99. The number of carboxylic acid groups (broad SMARTS) is 1. The average molecular weight is 343 g/mol. The van der Waals surface area contributed by atoms with Gasteiger partial charge in [0.25, 0.3) is 0 Å². The molecule has 1 fully saturated rings. The zero-order chi connectivity index (χ0) is 17.0. The molecule has 0 spiro atoms. The third-order valence-electron chi connectivity index (χ3n) is 4.19. The molecule has 1 aliphatic rings. The molecule has 1 aromatic rings. The van der Waals surface area contributed by atoms with Gasteiger partial charge in [-0.2, -0.15) is 0 Å². The Balaban J connectivity index is 1.84. The molecule has 5 nitrogen and oxygen atoms in total. The zero-order valence-electron chi connectivity index (χ0n) is 12.8. The number of hydrogen-bond acceptors (Lipinski definition) is 2. The minimum Gasteiger partial charge on any atom is -0.481 e. The van der Waals surface area contributed by atoms with Gasteiger partial charge in [-0.15, -0.1) is 0 Å². The summed E-state index contributed by atoms with van der Waals surface area (Å²) in [5, 5.41) is 14.8. The van der Waals surface area contributed by atoms with Gasteiger partial charge < -0.3 is 15.7 Å². The topological polar surface area (TPSA) is 78.4 Å². The number of hydrogen-bond donors (Lipinski definition) is 3. The lowest BCUT2D eigenvalue weighted by molar-refractivity contribution is -0.142. The van der Waals surface area contributed by atoms with Crippen LogP contribution in [0.1, 0.15) is 44.2 Å². The third-order valence-corrected chi connectivity index (χ3v) is 4.52. The number of carbonyl (C=O) groups is 2. The van der Waals surface area contributed by atoms with Gasteiger partial charge in [0.15, 0.2) is 0 Å². The number of carbonyl (C=O) groups excluding carboxylic acids is 1. The molecule has 0 bridgehead atoms. The van der Waals surface area contributed by atoms with Crippen LogP contribution >= 0.6 is 11.6 Å². The van der Waals surface area contributed by atoms with Gasteiger partial charge >= 0.3 is 12.0 Å². The lowest BCUT2D eigenvalue weighted by Crippen LogP contribution is -2.44. The lowest BCUT2D eigenvalue weighted by atomic mass is 9.86. The minimum absolute atomic E-state index is 0.0264. The van der Waals surface area contributed by atoms with Gasteiger partial charge in [0, 0.05) is 11.1 Å². The van der Waals surface area contributed by atoms with Crippen LogP contribution in [-0.2, 0) is 4.79 Å². The lowest BCUT2D eigenvalue weighted by Gasteiger charge is -2.27. The van der Waals surface area contributed by atoms with Crippen LogP contribution in [0.25, 0.3) is 0 Å². The van der Waals surface area contributed by atoms with Crippen molar-refractivity contribution in [3.05, 3.63) is 34.6 Å². The van der Waals surface area contributed by atoms with Gasteiger partial charge in [0.05, 0.1) is 12.0 Å². The summed E-state index contributed by atoms with van der Waals surface area (Å²) in [5.74, 6) is -1.51. The van der Waals surface area contributed by atoms with Crippen LogP contribution < -0.4 is 10.6 Å². The molecule has 7 heteroatoms. The monoisotopic (exact) mass is 342 g/mol. The largest absolute Gasteiger partial charge is 0.481 e. The van der Waals surface area contributed by atoms with Gasteiger partial charge in [0.2, 0.25) is 0 Å². The van der Waals surface area contributed by atoms with Crippen LogP contribution in [0.5, 0.6) is 0 Å². The number of carboxylic acids is 1. The van der Waals surface area contributed by atoms with Gasteiger partial charge in [-0.3, -0.25) is 4.79 Å². The van der Waals surface area contributed by atoms with Crippen LogP contribution in [-0.4, -0.2) is 23.1 Å². The Morgan fingerprint density at radius 2 is 1.96 bits per heavy atom. The van der Waals surface area contributed by atoms with E-state index in [2.05, 4.69) is 10.6 Å². The Labute approximate surface area is 139 Å². The summed E-state index contributed by atoms with van der Waals surface area (Å²) in [4.78, 5) is 22.9. The molecule has 0 radical (unpaired) electrons. The van der Waals surface area contributed by atoms with Crippen molar-refractivity contribution in [2.24, 2.45) is 5.92 Å². The second-order valence-electron chi connectivity index (χ2n) is 5.89. The summed E-state index contributed by atoms with van der Waals surface area (Å²) in [6, 6.07) is 3.32. The quantitative estimate of drug-likeness (QED) is 0.783. The van der Waals surface area contributed by atoms with Crippen LogP contribution in [0.15, 0.2) is 18.2 Å². The highest BCUT2D eigenvalue weighted by Gasteiger charge is 2.27. The number of aliphatic carboxylic acids is 1. The molecule has 126 valence electrons. The fourth-order valence-electron chi connectivity index (χ4n) is 2.84. The van der Waals surface area contributed by atoms with E-state index in [9.17, 15) is 14.0 Å². The number of rotatable bonds is 4. The van der Waals surface area contributed by atoms with E-state index in [4.69, 9.17) is 16.7 Å². The molecule has 1 aromatic carbocycles. The molecule has 0 aliphatic heterocycles. The van der Waals surface area contributed by atoms with E-state index in [1.165, 1.54) is 12.1 Å². The Morgan fingerprint density at radius 3 is 2.52 bits per heavy atom. The Bertz CT molecular complexity index is 589. The number of nitrogens with one attached hydrogen (secondary N) is 2. The van der Waals surface area contributed by atoms with Gasteiger partial charge in [-0.05, 0) is 50.3 Å². The first-order valence-electron chi connectivity index (χ1n) is 7.61. The summed E-state index contributed by atoms with van der Waals surface area (Å²) in [6.07, 6.45) is 2.44. The van der Waals surface area contributed by atoms with E-state index in [0.717, 1.165) is 0 Å². The van der Waals surface area contributed by atoms with E-state index in [1.54, 1.807) is 13.0 Å². The third kappa shape index (κ3) is 4.82. The molecule has 1 saturated carbocycles. The summed E-state index contributed by atoms with van der Waals surface area (Å²) < 4.78 is 13.0. The minimum atomic E-state index is -0.771. The molecular formula is C16H20ClFN2O3. The van der Waals surface area contributed by atoms with Crippen molar-refractivity contribution in [3.8, 4) is 0 Å². The van der Waals surface area contributed by atoms with Gasteiger partial charge in [-0.1, -0.05) is 17.7 Å². The zero-order valence-corrected chi connectivity index (χ0v) is 13.6. The fourth-order valence-corrected chi connectivity index (χ4v) is 3.17. The Morgan fingerprint density at radius 1 is 1.30 bits per heavy atom. The number of urea groups is 1. The maximum atomic E-state index is 13.0. The number of halogens is 2. The Hall–Kier alpha value is -1.82. The van der Waals surface area contributed by atoms with Crippen molar-refractivity contribution in [1.82, 2.24) is 10.6 Å². The van der Waals surface area contributed by atoms with E-state index in [-0.39, 0.29) is 29.1 Å². The summed E-state index contributed by atoms with van der Waals surface area (Å²) in [5.41, 5.74) is 0.637. The highest BCUT2D eigenvalue weighted by molar-refractivity contribution is 6.31. The van der Waals surface area contributed by atoms with E-state index in [1.807, 2.05) is 0 Å². The predicted octanol–water partition coefficient (Wildman–Crippen LogP) is 3.48. The van der Waals surface area contributed by atoms with Crippen molar-refractivity contribution < 1.29 is 19.1 Å². The van der Waals surface area contributed by atoms with Crippen molar-refractivity contribution >= 4 is 23.6 Å². The molecule has 1 aliphatic carbocycles. The molecule has 2 rings (SSSR count). The van der Waals surface area contributed by atoms with Crippen molar-refractivity contribution in [2.75, 3.05) is 0 Å². The summed E-state index contributed by atoms with van der Waals surface area (Å²) in [6.45, 7) is 1.76. The molecular weight excluding hydrogens is 323 g/mol. The summed E-state index contributed by atoms with van der Waals surface area (Å²) in [7, 11) is 0. The van der Waals surface area contributed by atoms with E-state index < -0.39 is 11.8 Å². The van der Waals surface area contributed by atoms with Gasteiger partial charge in [0.1, 0.15) is 5.82 Å². The maximum Gasteiger partial charge on any atom is 0.315 e. The summed E-state index contributed by atoms with van der Waals surface area (Å²) >= 11 is 5.98. The Kier molecular flexibility index (Phi) is 5.82. The van der Waals surface area contributed by atoms with Crippen molar-refractivity contribution in [1.29, 1.82) is 0 Å². The molecule has 1 atom stereocenters. The maximum absolute atomic E-state index is 13.0. The molecule has 3 N–H and O–H groups in total. The normalized spacial score (nSPS) is 22.2. The van der Waals surface area contributed by atoms with Crippen LogP contribution in [0.2, 0.25) is 5.02 Å². The number of benzene rings is 1. The molecule has 2 amide bonds. The van der Waals surface area contributed by atoms with Crippen molar-refractivity contribution in [3.63, 3.8) is 0 Å². The van der Waals surface area contributed by atoms with Crippen LogP contribution in [0.4, 0.5) is 9.18 Å². The molecule has 23 heavy (non-hydrogen) atoms. The van der Waals surface area contributed by atoms with Gasteiger partial charge in [-0.25, -0.2) is 9.18 Å². The first-order chi connectivity index (χ1) is 10.9. The average Bonchev–Trinajstić information content (AvgIpc) is 2.47. The molecule has 0 aromatic heterocycles. The molecule has 0 heterocycles. The highest BCUT2D eigenvalue weighted by atomic mass is 35.5. The second-order valence-corrected chi connectivity index (χ2v) is 6.30. The standard InChI is InChI=1S/C16H20ClFN2O3/c1-9(13-7-4-11(18)8-14(13)17)19-16(23)20-12-5-2-10(3-6-12)15(21)22/h4,7-10,12H,2-3,5-6H2,1H3,(H,21,22)(H2,19,20,23)/t9-,10?,12?/m1/s1. The van der Waals surface area contributed by atoms with E-state index >= 15 is 0 Å². The van der Waals surface area contributed by atoms with E-state index in [0.29, 0.717) is 31.2 Å². The predicted molar refractivity (Wildman–Crippen MR) is 84.9 cm³/mol. The smallest absolute Gasteiger partial charge is 0.315 e. The van der Waals surface area contributed by atoms with Crippen molar-refractivity contribution in [2.45, 2.75) is 44.7 Å². The molecule has 0 saturated heterocycles. The highest BCUT2D eigenvalue weighted by Crippen LogP contribution is 2.25.